The average Bonchev–Trinajstić information content (AvgIpc) is 3.37. The lowest BCUT2D eigenvalue weighted by Gasteiger charge is -2.37. The molecule has 35 heavy (non-hydrogen) atoms. The van der Waals surface area contributed by atoms with E-state index in [-0.39, 0.29) is 11.9 Å². The fourth-order valence-corrected chi connectivity index (χ4v) is 5.08. The highest BCUT2D eigenvalue weighted by atomic mass is 16.5. The Bertz CT molecular complexity index is 1140. The molecule has 2 heterocycles. The highest BCUT2D eigenvalue weighted by Gasteiger charge is 2.28. The summed E-state index contributed by atoms with van der Waals surface area (Å²) in [5, 5.41) is 4.13. The van der Waals surface area contributed by atoms with Gasteiger partial charge in [-0.2, -0.15) is 4.98 Å². The predicted molar refractivity (Wildman–Crippen MR) is 133 cm³/mol. The molecule has 1 fully saturated rings. The van der Waals surface area contributed by atoms with E-state index >= 15 is 0 Å². The molecule has 1 aromatic heterocycles. The Balaban J connectivity index is 1.11. The third-order valence-corrected chi connectivity index (χ3v) is 7.20. The minimum absolute atomic E-state index is 0.186. The van der Waals surface area contributed by atoms with Gasteiger partial charge in [0.05, 0.1) is 26.2 Å². The van der Waals surface area contributed by atoms with Crippen molar-refractivity contribution in [2.45, 2.75) is 31.8 Å². The summed E-state index contributed by atoms with van der Waals surface area (Å²) in [6.07, 6.45) is 3.28. The topological polar surface area (TPSA) is 74.9 Å². The van der Waals surface area contributed by atoms with Crippen molar-refractivity contribution in [3.8, 4) is 17.1 Å². The van der Waals surface area contributed by atoms with Crippen LogP contribution in [0.2, 0.25) is 0 Å². The van der Waals surface area contributed by atoms with Gasteiger partial charge in [-0.1, -0.05) is 29.4 Å². The molecule has 0 saturated carbocycles. The molecule has 1 amide bonds. The number of carbonyl (C=O) groups is 1. The van der Waals surface area contributed by atoms with E-state index < -0.39 is 0 Å². The van der Waals surface area contributed by atoms with E-state index in [1.807, 2.05) is 36.2 Å². The van der Waals surface area contributed by atoms with Crippen LogP contribution in [0.1, 0.15) is 35.9 Å². The highest BCUT2D eigenvalue weighted by Crippen LogP contribution is 2.33. The summed E-state index contributed by atoms with van der Waals surface area (Å²) in [5.41, 5.74) is 3.59. The number of fused-ring (bicyclic) bond motifs is 1. The van der Waals surface area contributed by atoms with E-state index in [1.165, 1.54) is 11.1 Å². The van der Waals surface area contributed by atoms with E-state index in [0.29, 0.717) is 24.8 Å². The van der Waals surface area contributed by atoms with Crippen LogP contribution in [-0.4, -0.2) is 77.6 Å². The molecular weight excluding hydrogens is 442 g/mol. The lowest BCUT2D eigenvalue weighted by Crippen LogP contribution is -2.49. The Labute approximate surface area is 206 Å². The summed E-state index contributed by atoms with van der Waals surface area (Å²) in [6, 6.07) is 16.4. The highest BCUT2D eigenvalue weighted by molar-refractivity contribution is 5.78. The van der Waals surface area contributed by atoms with Crippen molar-refractivity contribution in [3.63, 3.8) is 0 Å². The summed E-state index contributed by atoms with van der Waals surface area (Å²) in [6.45, 7) is 4.50. The van der Waals surface area contributed by atoms with Gasteiger partial charge >= 0.3 is 0 Å². The van der Waals surface area contributed by atoms with Crippen molar-refractivity contribution in [2.75, 3.05) is 46.9 Å². The van der Waals surface area contributed by atoms with Gasteiger partial charge in [0.25, 0.3) is 0 Å². The first kappa shape index (κ1) is 23.5. The van der Waals surface area contributed by atoms with Crippen molar-refractivity contribution in [2.24, 2.45) is 0 Å². The largest absolute Gasteiger partial charge is 0.497 e. The normalized spacial score (nSPS) is 18.7. The van der Waals surface area contributed by atoms with Gasteiger partial charge in [0.15, 0.2) is 0 Å². The number of piperazine rings is 1. The maximum atomic E-state index is 13.1. The first-order chi connectivity index (χ1) is 17.1. The number of nitrogens with zero attached hydrogens (tertiary/aromatic N) is 5. The molecule has 0 bridgehead atoms. The molecule has 184 valence electrons. The lowest BCUT2D eigenvalue weighted by molar-refractivity contribution is -0.134. The number of benzene rings is 2. The standard InChI is InChI=1S/C27H33N5O3/c1-30(24-9-5-7-20-6-3-4-8-23(20)24)26(33)19-32-16-14-31(15-17-32)18-25-28-27(29-35-25)21-10-12-22(34-2)13-11-21/h3-4,6,8,10-13,24H,5,7,9,14-19H2,1-2H3. The Morgan fingerprint density at radius 2 is 1.83 bits per heavy atom. The molecule has 8 heteroatoms. The fraction of sp³-hybridized carbons (Fsp3) is 0.444. The molecule has 2 aliphatic rings. The third kappa shape index (κ3) is 5.39. The smallest absolute Gasteiger partial charge is 0.241 e. The van der Waals surface area contributed by atoms with Crippen LogP contribution >= 0.6 is 0 Å². The van der Waals surface area contributed by atoms with Crippen molar-refractivity contribution >= 4 is 5.91 Å². The number of aryl methyl sites for hydroxylation is 1. The van der Waals surface area contributed by atoms with Crippen molar-refractivity contribution in [1.29, 1.82) is 0 Å². The summed E-state index contributed by atoms with van der Waals surface area (Å²) < 4.78 is 10.7. The second-order valence-corrected chi connectivity index (χ2v) is 9.40. The summed E-state index contributed by atoms with van der Waals surface area (Å²) in [7, 11) is 3.60. The molecule has 0 N–H and O–H groups in total. The van der Waals surface area contributed by atoms with Crippen LogP contribution in [0, 0.1) is 0 Å². The Morgan fingerprint density at radius 1 is 1.09 bits per heavy atom. The fourth-order valence-electron chi connectivity index (χ4n) is 5.08. The van der Waals surface area contributed by atoms with Gasteiger partial charge in [-0.05, 0) is 54.7 Å². The van der Waals surface area contributed by atoms with Gasteiger partial charge in [0, 0.05) is 38.8 Å². The van der Waals surface area contributed by atoms with Gasteiger partial charge in [0.2, 0.25) is 17.6 Å². The van der Waals surface area contributed by atoms with E-state index in [1.54, 1.807) is 7.11 Å². The number of rotatable bonds is 7. The van der Waals surface area contributed by atoms with Crippen molar-refractivity contribution < 1.29 is 14.1 Å². The second kappa shape index (κ2) is 10.6. The molecule has 5 rings (SSSR count). The van der Waals surface area contributed by atoms with Gasteiger partial charge in [-0.3, -0.25) is 14.6 Å². The molecule has 1 aliphatic heterocycles. The molecule has 0 radical (unpaired) electrons. The SMILES string of the molecule is COc1ccc(-c2noc(CN3CCN(CC(=O)N(C)C4CCCc5ccccc54)CC3)n2)cc1. The van der Waals surface area contributed by atoms with Crippen LogP contribution in [-0.2, 0) is 17.8 Å². The number of hydrogen-bond acceptors (Lipinski definition) is 7. The van der Waals surface area contributed by atoms with Gasteiger partial charge in [0.1, 0.15) is 5.75 Å². The molecule has 0 spiro atoms. The van der Waals surface area contributed by atoms with E-state index in [9.17, 15) is 4.79 Å². The molecule has 8 nitrogen and oxygen atoms in total. The van der Waals surface area contributed by atoms with Crippen LogP contribution in [0.3, 0.4) is 0 Å². The monoisotopic (exact) mass is 475 g/mol. The Morgan fingerprint density at radius 3 is 2.60 bits per heavy atom. The molecule has 3 aromatic rings. The Hall–Kier alpha value is -3.23. The summed E-state index contributed by atoms with van der Waals surface area (Å²) in [4.78, 5) is 24.2. The van der Waals surface area contributed by atoms with Crippen LogP contribution in [0.4, 0.5) is 0 Å². The minimum Gasteiger partial charge on any atom is -0.497 e. The lowest BCUT2D eigenvalue weighted by atomic mass is 9.87. The van der Waals surface area contributed by atoms with Crippen LogP contribution in [0.15, 0.2) is 53.1 Å². The van der Waals surface area contributed by atoms with Gasteiger partial charge in [-0.25, -0.2) is 0 Å². The number of methoxy groups -OCH3 is 1. The van der Waals surface area contributed by atoms with Crippen LogP contribution < -0.4 is 4.74 Å². The number of hydrogen-bond donors (Lipinski definition) is 0. The van der Waals surface area contributed by atoms with Crippen molar-refractivity contribution in [1.82, 2.24) is 24.8 Å². The number of carbonyl (C=O) groups excluding carboxylic acids is 1. The van der Waals surface area contributed by atoms with Crippen LogP contribution in [0.5, 0.6) is 5.75 Å². The van der Waals surface area contributed by atoms with Crippen molar-refractivity contribution in [3.05, 3.63) is 65.5 Å². The van der Waals surface area contributed by atoms with E-state index in [2.05, 4.69) is 44.2 Å². The van der Waals surface area contributed by atoms with E-state index in [0.717, 1.165) is 56.8 Å². The Kier molecular flexibility index (Phi) is 7.11. The maximum absolute atomic E-state index is 13.1. The zero-order chi connectivity index (χ0) is 24.2. The van der Waals surface area contributed by atoms with E-state index in [4.69, 9.17) is 9.26 Å². The summed E-state index contributed by atoms with van der Waals surface area (Å²) >= 11 is 0. The first-order valence-corrected chi connectivity index (χ1v) is 12.4. The molecule has 2 aromatic carbocycles. The predicted octanol–water partition coefficient (Wildman–Crippen LogP) is 3.40. The van der Waals surface area contributed by atoms with Gasteiger partial charge < -0.3 is 14.2 Å². The number of ether oxygens (including phenoxy) is 1. The zero-order valence-electron chi connectivity index (χ0n) is 20.5. The second-order valence-electron chi connectivity index (χ2n) is 9.40. The quantitative estimate of drug-likeness (QED) is 0.518. The molecular formula is C27H33N5O3. The maximum Gasteiger partial charge on any atom is 0.241 e. The first-order valence-electron chi connectivity index (χ1n) is 12.4. The third-order valence-electron chi connectivity index (χ3n) is 7.20. The molecule has 1 saturated heterocycles. The average molecular weight is 476 g/mol. The molecule has 1 aliphatic carbocycles. The number of amides is 1. The number of likely N-dealkylation sites (N-methyl/N-ethyl adjacent to an activating group) is 1. The zero-order valence-corrected chi connectivity index (χ0v) is 20.5. The minimum atomic E-state index is 0.186. The van der Waals surface area contributed by atoms with Crippen LogP contribution in [0.25, 0.3) is 11.4 Å². The molecule has 1 unspecified atom stereocenters. The number of aromatic nitrogens is 2. The summed E-state index contributed by atoms with van der Waals surface area (Å²) in [5.74, 6) is 2.18. The van der Waals surface area contributed by atoms with Gasteiger partial charge in [-0.15, -0.1) is 0 Å². The molecule has 1 atom stereocenters.